The van der Waals surface area contributed by atoms with Gasteiger partial charge in [-0.1, -0.05) is 57.6 Å². The number of nitrogens with zero attached hydrogens (tertiary/aromatic N) is 3. The predicted octanol–water partition coefficient (Wildman–Crippen LogP) is 5.09. The number of hydrogen-bond acceptors (Lipinski definition) is 7. The Morgan fingerprint density at radius 3 is 2.61 bits per heavy atom. The van der Waals surface area contributed by atoms with E-state index in [0.717, 1.165) is 32.3 Å². The molecular formula is C24H16BrN3O4S. The Morgan fingerprint density at radius 2 is 1.88 bits per heavy atom. The molecule has 0 bridgehead atoms. The number of ketones is 1. The van der Waals surface area contributed by atoms with Crippen molar-refractivity contribution in [1.82, 2.24) is 10.2 Å². The van der Waals surface area contributed by atoms with E-state index in [9.17, 15) is 14.7 Å². The van der Waals surface area contributed by atoms with Gasteiger partial charge in [0.05, 0.1) is 18.7 Å². The average Bonchev–Trinajstić information content (AvgIpc) is 3.44. The summed E-state index contributed by atoms with van der Waals surface area (Å²) in [6.45, 7) is 0. The molecule has 1 saturated heterocycles. The van der Waals surface area contributed by atoms with Crippen molar-refractivity contribution in [1.29, 1.82) is 0 Å². The maximum absolute atomic E-state index is 13.2. The quantitative estimate of drug-likeness (QED) is 0.228. The molecule has 7 nitrogen and oxygen atoms in total. The predicted molar refractivity (Wildman–Crippen MR) is 129 cm³/mol. The molecule has 1 amide bonds. The van der Waals surface area contributed by atoms with Gasteiger partial charge in [-0.2, -0.15) is 0 Å². The van der Waals surface area contributed by atoms with Crippen LogP contribution >= 0.6 is 27.3 Å². The van der Waals surface area contributed by atoms with Crippen molar-refractivity contribution in [3.8, 4) is 5.75 Å². The SMILES string of the molecule is COc1ccc2cc(/C(O)=C3\C(=O)C(=O)N(c4nncs4)C3c3cccc(Br)c3)ccc2c1. The second kappa shape index (κ2) is 8.42. The van der Waals surface area contributed by atoms with Crippen LogP contribution in [0.25, 0.3) is 16.5 Å². The third-order valence-electron chi connectivity index (χ3n) is 5.48. The summed E-state index contributed by atoms with van der Waals surface area (Å²) in [5.41, 5.74) is 2.58. The Hall–Kier alpha value is -3.56. The summed E-state index contributed by atoms with van der Waals surface area (Å²) < 4.78 is 6.05. The highest BCUT2D eigenvalue weighted by molar-refractivity contribution is 9.10. The normalized spacial score (nSPS) is 17.6. The molecule has 1 aliphatic heterocycles. The van der Waals surface area contributed by atoms with Crippen LogP contribution in [0.1, 0.15) is 17.2 Å². The number of rotatable bonds is 4. The smallest absolute Gasteiger partial charge is 0.301 e. The lowest BCUT2D eigenvalue weighted by atomic mass is 9.94. The summed E-state index contributed by atoms with van der Waals surface area (Å²) >= 11 is 4.59. The van der Waals surface area contributed by atoms with Gasteiger partial charge in [0.2, 0.25) is 5.13 Å². The zero-order valence-electron chi connectivity index (χ0n) is 17.2. The van der Waals surface area contributed by atoms with E-state index in [-0.39, 0.29) is 16.5 Å². The fraction of sp³-hybridized carbons (Fsp3) is 0.0833. The summed E-state index contributed by atoms with van der Waals surface area (Å²) in [4.78, 5) is 27.5. The summed E-state index contributed by atoms with van der Waals surface area (Å²) in [6.07, 6.45) is 0. The zero-order valence-corrected chi connectivity index (χ0v) is 19.6. The molecule has 1 aromatic heterocycles. The van der Waals surface area contributed by atoms with E-state index in [1.807, 2.05) is 42.5 Å². The number of hydrogen-bond donors (Lipinski definition) is 1. The fourth-order valence-electron chi connectivity index (χ4n) is 3.95. The number of Topliss-reactive ketones (excluding diaryl/α,β-unsaturated/α-hetero) is 1. The van der Waals surface area contributed by atoms with Crippen LogP contribution in [-0.4, -0.2) is 34.1 Å². The highest BCUT2D eigenvalue weighted by atomic mass is 79.9. The van der Waals surface area contributed by atoms with Gasteiger partial charge in [0.25, 0.3) is 5.78 Å². The maximum atomic E-state index is 13.2. The molecule has 9 heteroatoms. The van der Waals surface area contributed by atoms with Gasteiger partial charge in [-0.15, -0.1) is 10.2 Å². The minimum Gasteiger partial charge on any atom is -0.507 e. The fourth-order valence-corrected chi connectivity index (χ4v) is 4.95. The van der Waals surface area contributed by atoms with Gasteiger partial charge in [-0.3, -0.25) is 14.5 Å². The Morgan fingerprint density at radius 1 is 1.09 bits per heavy atom. The molecule has 1 atom stereocenters. The Bertz CT molecular complexity index is 1430. The van der Waals surface area contributed by atoms with Crippen LogP contribution in [0.3, 0.4) is 0 Å². The lowest BCUT2D eigenvalue weighted by Gasteiger charge is -2.22. The molecule has 1 N–H and O–H groups in total. The molecule has 1 aliphatic rings. The lowest BCUT2D eigenvalue weighted by Crippen LogP contribution is -2.29. The highest BCUT2D eigenvalue weighted by Gasteiger charge is 2.48. The first-order valence-electron chi connectivity index (χ1n) is 9.89. The molecule has 0 saturated carbocycles. The highest BCUT2D eigenvalue weighted by Crippen LogP contribution is 2.43. The molecule has 164 valence electrons. The van der Waals surface area contributed by atoms with Gasteiger partial charge in [-0.05, 0) is 46.7 Å². The van der Waals surface area contributed by atoms with E-state index in [0.29, 0.717) is 11.1 Å². The molecule has 0 radical (unpaired) electrons. The summed E-state index contributed by atoms with van der Waals surface area (Å²) in [5.74, 6) is -1.06. The van der Waals surface area contributed by atoms with E-state index in [1.165, 1.54) is 10.4 Å². The van der Waals surface area contributed by atoms with Crippen LogP contribution in [-0.2, 0) is 9.59 Å². The van der Waals surface area contributed by atoms with E-state index < -0.39 is 17.7 Å². The molecule has 1 fully saturated rings. The molecule has 3 aromatic carbocycles. The molecule has 2 heterocycles. The number of anilines is 1. The van der Waals surface area contributed by atoms with Crippen molar-refractivity contribution < 1.29 is 19.4 Å². The molecule has 0 spiro atoms. The largest absolute Gasteiger partial charge is 0.507 e. The molecule has 5 rings (SSSR count). The third kappa shape index (κ3) is 3.69. The second-order valence-corrected chi connectivity index (χ2v) is 9.10. The number of aliphatic hydroxyl groups excluding tert-OH is 1. The van der Waals surface area contributed by atoms with Gasteiger partial charge in [-0.25, -0.2) is 0 Å². The van der Waals surface area contributed by atoms with Crippen LogP contribution in [0.15, 0.2) is 76.2 Å². The number of ether oxygens (including phenoxy) is 1. The summed E-state index contributed by atoms with van der Waals surface area (Å²) in [5, 5.41) is 21.2. The minimum absolute atomic E-state index is 0.00108. The van der Waals surface area contributed by atoms with Gasteiger partial charge < -0.3 is 9.84 Å². The Kier molecular flexibility index (Phi) is 5.43. The van der Waals surface area contributed by atoms with Gasteiger partial charge in [0.1, 0.15) is 17.0 Å². The number of aliphatic hydroxyl groups is 1. The molecule has 0 aliphatic carbocycles. The number of halogens is 1. The van der Waals surface area contributed by atoms with E-state index >= 15 is 0 Å². The third-order valence-corrected chi connectivity index (χ3v) is 6.67. The number of fused-ring (bicyclic) bond motifs is 1. The average molecular weight is 522 g/mol. The number of benzene rings is 3. The monoisotopic (exact) mass is 521 g/mol. The van der Waals surface area contributed by atoms with Crippen molar-refractivity contribution in [2.24, 2.45) is 0 Å². The first kappa shape index (κ1) is 21.3. The van der Waals surface area contributed by atoms with Gasteiger partial charge >= 0.3 is 5.91 Å². The van der Waals surface area contributed by atoms with Crippen LogP contribution in [0.5, 0.6) is 5.75 Å². The van der Waals surface area contributed by atoms with Crippen molar-refractivity contribution >= 4 is 60.6 Å². The molecule has 1 unspecified atom stereocenters. The lowest BCUT2D eigenvalue weighted by molar-refractivity contribution is -0.132. The van der Waals surface area contributed by atoms with Crippen molar-refractivity contribution in [3.63, 3.8) is 0 Å². The van der Waals surface area contributed by atoms with Crippen LogP contribution < -0.4 is 9.64 Å². The minimum atomic E-state index is -0.845. The summed E-state index contributed by atoms with van der Waals surface area (Å²) in [6, 6.07) is 17.3. The number of carbonyl (C=O) groups is 2. The maximum Gasteiger partial charge on any atom is 0.301 e. The van der Waals surface area contributed by atoms with E-state index in [4.69, 9.17) is 4.74 Å². The van der Waals surface area contributed by atoms with Crippen LogP contribution in [0.4, 0.5) is 5.13 Å². The Labute approximate surface area is 201 Å². The van der Waals surface area contributed by atoms with Gasteiger partial charge in [0, 0.05) is 10.0 Å². The van der Waals surface area contributed by atoms with Crippen LogP contribution in [0, 0.1) is 0 Å². The van der Waals surface area contributed by atoms with Crippen LogP contribution in [0.2, 0.25) is 0 Å². The Balaban J connectivity index is 1.70. The number of methoxy groups -OCH3 is 1. The number of carbonyl (C=O) groups excluding carboxylic acids is 2. The van der Waals surface area contributed by atoms with Crippen molar-refractivity contribution in [3.05, 3.63) is 87.3 Å². The summed E-state index contributed by atoms with van der Waals surface area (Å²) in [7, 11) is 1.60. The first-order valence-corrected chi connectivity index (χ1v) is 11.6. The first-order chi connectivity index (χ1) is 16.0. The van der Waals surface area contributed by atoms with E-state index in [1.54, 1.807) is 25.3 Å². The molecule has 33 heavy (non-hydrogen) atoms. The molecular weight excluding hydrogens is 506 g/mol. The topological polar surface area (TPSA) is 92.6 Å². The van der Waals surface area contributed by atoms with Gasteiger partial charge in [0.15, 0.2) is 0 Å². The zero-order chi connectivity index (χ0) is 23.1. The number of amides is 1. The standard InChI is InChI=1S/C24H16BrN3O4S/c1-32-18-8-7-13-9-16(6-5-14(13)11-18)21(29)19-20(15-3-2-4-17(25)10-15)28(23(31)22(19)30)24-27-26-12-33-24/h2-12,20,29H,1H3/b21-19+. The van der Waals surface area contributed by atoms with E-state index in [2.05, 4.69) is 26.1 Å². The second-order valence-electron chi connectivity index (χ2n) is 7.37. The van der Waals surface area contributed by atoms with Crippen molar-refractivity contribution in [2.45, 2.75) is 6.04 Å². The number of aromatic nitrogens is 2. The molecule has 4 aromatic rings. The van der Waals surface area contributed by atoms with Crippen molar-refractivity contribution in [2.75, 3.05) is 12.0 Å².